The monoisotopic (exact) mass is 299 g/mol. The lowest BCUT2D eigenvalue weighted by molar-refractivity contribution is -0.0266. The Labute approximate surface area is 127 Å². The molecule has 3 nitrogen and oxygen atoms in total. The van der Waals surface area contributed by atoms with Gasteiger partial charge in [-0.1, -0.05) is 45.4 Å². The van der Waals surface area contributed by atoms with E-state index in [0.29, 0.717) is 16.8 Å². The number of hydrogen-bond donors (Lipinski definition) is 2. The van der Waals surface area contributed by atoms with Gasteiger partial charge in [0.05, 0.1) is 10.6 Å². The quantitative estimate of drug-likeness (QED) is 0.808. The molecular formula is C16H26ClNO2. The zero-order valence-electron chi connectivity index (χ0n) is 13.0. The largest absolute Gasteiger partial charge is 0.489 e. The summed E-state index contributed by atoms with van der Waals surface area (Å²) in [7, 11) is 0. The number of benzene rings is 1. The van der Waals surface area contributed by atoms with Crippen LogP contribution >= 0.6 is 11.6 Å². The van der Waals surface area contributed by atoms with Gasteiger partial charge in [-0.3, -0.25) is 0 Å². The zero-order valence-corrected chi connectivity index (χ0v) is 13.8. The average Bonchev–Trinajstić information content (AvgIpc) is 2.35. The first-order valence-electron chi connectivity index (χ1n) is 7.09. The molecule has 20 heavy (non-hydrogen) atoms. The normalized spacial score (nSPS) is 14.7. The highest BCUT2D eigenvalue weighted by Crippen LogP contribution is 2.27. The average molecular weight is 300 g/mol. The molecule has 0 saturated heterocycles. The van der Waals surface area contributed by atoms with Gasteiger partial charge in [-0.05, 0) is 30.5 Å². The maximum absolute atomic E-state index is 10.2. The first-order valence-corrected chi connectivity index (χ1v) is 7.47. The fraction of sp³-hybridized carbons (Fsp3) is 0.625. The minimum atomic E-state index is -0.860. The Morgan fingerprint density at radius 2 is 1.95 bits per heavy atom. The molecule has 0 aliphatic heterocycles. The summed E-state index contributed by atoms with van der Waals surface area (Å²) in [5.41, 5.74) is 0.257. The zero-order chi connectivity index (χ0) is 15.3. The summed E-state index contributed by atoms with van der Waals surface area (Å²) in [6.07, 6.45) is 0. The number of rotatable bonds is 7. The third-order valence-corrected chi connectivity index (χ3v) is 3.77. The van der Waals surface area contributed by atoms with E-state index in [0.717, 1.165) is 12.1 Å². The van der Waals surface area contributed by atoms with Crippen LogP contribution < -0.4 is 10.1 Å². The van der Waals surface area contributed by atoms with Crippen molar-refractivity contribution in [2.75, 3.05) is 6.61 Å². The summed E-state index contributed by atoms with van der Waals surface area (Å²) in [5.74, 6) is 0.733. The first kappa shape index (κ1) is 17.3. The molecule has 0 radical (unpaired) electrons. The van der Waals surface area contributed by atoms with Gasteiger partial charge in [0.15, 0.2) is 0 Å². The molecule has 1 unspecified atom stereocenters. The van der Waals surface area contributed by atoms with Crippen LogP contribution in [0.25, 0.3) is 0 Å². The standard InChI is InChI=1S/C16H26ClNO2/c1-11(2)16(5,19)10-20-15-7-6-13(8-14(15)17)9-18-12(3)4/h6-8,11-12,18-19H,9-10H2,1-5H3. The lowest BCUT2D eigenvalue weighted by atomic mass is 9.94. The molecule has 1 aromatic carbocycles. The van der Waals surface area contributed by atoms with Gasteiger partial charge in [0.2, 0.25) is 0 Å². The van der Waals surface area contributed by atoms with E-state index < -0.39 is 5.60 Å². The molecule has 0 saturated carbocycles. The molecular weight excluding hydrogens is 274 g/mol. The van der Waals surface area contributed by atoms with Crippen molar-refractivity contribution in [3.05, 3.63) is 28.8 Å². The van der Waals surface area contributed by atoms with Crippen molar-refractivity contribution in [2.45, 2.75) is 52.8 Å². The van der Waals surface area contributed by atoms with E-state index in [1.54, 1.807) is 6.92 Å². The number of ether oxygens (including phenoxy) is 1. The van der Waals surface area contributed by atoms with Crippen molar-refractivity contribution < 1.29 is 9.84 Å². The number of halogens is 1. The lowest BCUT2D eigenvalue weighted by Gasteiger charge is -2.27. The highest BCUT2D eigenvalue weighted by Gasteiger charge is 2.26. The van der Waals surface area contributed by atoms with Crippen molar-refractivity contribution >= 4 is 11.6 Å². The Kier molecular flexibility index (Phi) is 6.31. The summed E-state index contributed by atoms with van der Waals surface area (Å²) in [5, 5.41) is 14.1. The van der Waals surface area contributed by atoms with Gasteiger partial charge in [0.25, 0.3) is 0 Å². The molecule has 0 spiro atoms. The molecule has 0 aliphatic rings. The van der Waals surface area contributed by atoms with Crippen molar-refractivity contribution in [2.24, 2.45) is 5.92 Å². The Bertz CT molecular complexity index is 430. The second-order valence-corrected chi connectivity index (χ2v) is 6.51. The van der Waals surface area contributed by atoms with E-state index in [1.165, 1.54) is 0 Å². The van der Waals surface area contributed by atoms with Gasteiger partial charge in [0.1, 0.15) is 12.4 Å². The molecule has 1 rings (SSSR count). The van der Waals surface area contributed by atoms with Crippen LogP contribution in [0.4, 0.5) is 0 Å². The van der Waals surface area contributed by atoms with Crippen molar-refractivity contribution in [1.82, 2.24) is 5.32 Å². The number of aliphatic hydroxyl groups is 1. The van der Waals surface area contributed by atoms with Gasteiger partial charge >= 0.3 is 0 Å². The minimum Gasteiger partial charge on any atom is -0.489 e. The Hall–Kier alpha value is -0.770. The minimum absolute atomic E-state index is 0.121. The van der Waals surface area contributed by atoms with Crippen LogP contribution in [-0.4, -0.2) is 23.4 Å². The molecule has 1 atom stereocenters. The second-order valence-electron chi connectivity index (χ2n) is 6.10. The summed E-state index contributed by atoms with van der Waals surface area (Å²) in [6, 6.07) is 6.18. The van der Waals surface area contributed by atoms with Crippen LogP contribution in [0.1, 0.15) is 40.2 Å². The van der Waals surface area contributed by atoms with Gasteiger partial charge in [0, 0.05) is 12.6 Å². The molecule has 0 bridgehead atoms. The smallest absolute Gasteiger partial charge is 0.138 e. The highest BCUT2D eigenvalue weighted by molar-refractivity contribution is 6.32. The Morgan fingerprint density at radius 1 is 1.30 bits per heavy atom. The number of nitrogens with one attached hydrogen (secondary N) is 1. The summed E-state index contributed by atoms with van der Waals surface area (Å²) >= 11 is 6.22. The predicted molar refractivity (Wildman–Crippen MR) is 84.4 cm³/mol. The van der Waals surface area contributed by atoms with E-state index in [2.05, 4.69) is 19.2 Å². The van der Waals surface area contributed by atoms with Crippen LogP contribution in [0, 0.1) is 5.92 Å². The van der Waals surface area contributed by atoms with Crippen molar-refractivity contribution in [3.8, 4) is 5.75 Å². The van der Waals surface area contributed by atoms with Gasteiger partial charge < -0.3 is 15.2 Å². The molecule has 0 amide bonds. The van der Waals surface area contributed by atoms with Crippen LogP contribution in [-0.2, 0) is 6.54 Å². The van der Waals surface area contributed by atoms with Gasteiger partial charge in [-0.2, -0.15) is 0 Å². The van der Waals surface area contributed by atoms with E-state index in [4.69, 9.17) is 16.3 Å². The number of hydrogen-bond acceptors (Lipinski definition) is 3. The molecule has 0 aliphatic carbocycles. The molecule has 0 heterocycles. The predicted octanol–water partition coefficient (Wildman–Crippen LogP) is 3.62. The third-order valence-electron chi connectivity index (χ3n) is 3.47. The van der Waals surface area contributed by atoms with Crippen molar-refractivity contribution in [1.29, 1.82) is 0 Å². The summed E-state index contributed by atoms with van der Waals surface area (Å²) < 4.78 is 5.64. The van der Waals surface area contributed by atoms with E-state index in [1.807, 2.05) is 32.0 Å². The van der Waals surface area contributed by atoms with E-state index in [9.17, 15) is 5.11 Å². The molecule has 0 fully saturated rings. The van der Waals surface area contributed by atoms with Crippen LogP contribution in [0.3, 0.4) is 0 Å². The summed E-state index contributed by atoms with van der Waals surface area (Å²) in [4.78, 5) is 0. The Balaban J connectivity index is 2.64. The third kappa shape index (κ3) is 5.31. The van der Waals surface area contributed by atoms with Gasteiger partial charge in [-0.25, -0.2) is 0 Å². The van der Waals surface area contributed by atoms with E-state index >= 15 is 0 Å². The second kappa shape index (κ2) is 7.30. The first-order chi connectivity index (χ1) is 9.22. The maximum Gasteiger partial charge on any atom is 0.138 e. The van der Waals surface area contributed by atoms with E-state index in [-0.39, 0.29) is 12.5 Å². The van der Waals surface area contributed by atoms with Gasteiger partial charge in [-0.15, -0.1) is 0 Å². The summed E-state index contributed by atoms with van der Waals surface area (Å²) in [6.45, 7) is 10.9. The SMILES string of the molecule is CC(C)NCc1ccc(OCC(C)(O)C(C)C)c(Cl)c1. The van der Waals surface area contributed by atoms with Crippen LogP contribution in [0.2, 0.25) is 5.02 Å². The van der Waals surface area contributed by atoms with Crippen LogP contribution in [0.5, 0.6) is 5.75 Å². The Morgan fingerprint density at radius 3 is 2.45 bits per heavy atom. The molecule has 4 heteroatoms. The molecule has 1 aromatic rings. The molecule has 0 aromatic heterocycles. The highest BCUT2D eigenvalue weighted by atomic mass is 35.5. The maximum atomic E-state index is 10.2. The lowest BCUT2D eigenvalue weighted by Crippen LogP contribution is -2.37. The van der Waals surface area contributed by atoms with Crippen molar-refractivity contribution in [3.63, 3.8) is 0 Å². The fourth-order valence-corrected chi connectivity index (χ4v) is 1.74. The molecule has 114 valence electrons. The topological polar surface area (TPSA) is 41.5 Å². The van der Waals surface area contributed by atoms with Crippen LogP contribution in [0.15, 0.2) is 18.2 Å². The molecule has 2 N–H and O–H groups in total. The fourth-order valence-electron chi connectivity index (χ4n) is 1.48.